The van der Waals surface area contributed by atoms with Gasteiger partial charge in [0.1, 0.15) is 0 Å². The molecule has 2 heteroatoms. The summed E-state index contributed by atoms with van der Waals surface area (Å²) in [6.45, 7) is 0. The van der Waals surface area contributed by atoms with Crippen LogP contribution >= 0.6 is 0 Å². The Hall–Kier alpha value is -5.34. The highest BCUT2D eigenvalue weighted by atomic mass is 14.8. The topological polar surface area (TPSA) is 25.8 Å². The summed E-state index contributed by atoms with van der Waals surface area (Å²) in [6.07, 6.45) is 3.86. The van der Waals surface area contributed by atoms with Crippen molar-refractivity contribution in [3.63, 3.8) is 0 Å². The van der Waals surface area contributed by atoms with E-state index in [1.54, 1.807) is 0 Å². The molecule has 2 heterocycles. The van der Waals surface area contributed by atoms with E-state index in [0.717, 1.165) is 22.3 Å². The smallest absolute Gasteiger partial charge is 0.0964 e. The normalized spacial score (nSPS) is 11.5. The average Bonchev–Trinajstić information content (AvgIpc) is 3.03. The maximum atomic E-state index is 4.94. The zero-order valence-corrected chi connectivity index (χ0v) is 21.8. The maximum absolute atomic E-state index is 4.94. The second-order valence-electron chi connectivity index (χ2n) is 10.2. The zero-order valence-electron chi connectivity index (χ0n) is 21.8. The molecule has 0 fully saturated rings. The lowest BCUT2D eigenvalue weighted by atomic mass is 9.86. The Morgan fingerprint density at radius 3 is 1.57 bits per heavy atom. The van der Waals surface area contributed by atoms with Crippen LogP contribution in [-0.2, 0) is 0 Å². The van der Waals surface area contributed by atoms with Gasteiger partial charge in [-0.2, -0.15) is 0 Å². The molecule has 0 unspecified atom stereocenters. The average molecular weight is 509 g/mol. The van der Waals surface area contributed by atoms with Crippen molar-refractivity contribution in [1.82, 2.24) is 9.97 Å². The van der Waals surface area contributed by atoms with Gasteiger partial charge in [-0.3, -0.25) is 9.97 Å². The molecule has 2 nitrogen and oxygen atoms in total. The van der Waals surface area contributed by atoms with Crippen LogP contribution in [0.15, 0.2) is 146 Å². The SMILES string of the molecule is c1ccc2cc(-c3c4ccccc4c(-c4ccc(-c5nccc6ccccc56)nc4)c4ccccc34)ccc2c1. The van der Waals surface area contributed by atoms with E-state index < -0.39 is 0 Å². The van der Waals surface area contributed by atoms with Gasteiger partial charge in [0.05, 0.1) is 11.4 Å². The lowest BCUT2D eigenvalue weighted by molar-refractivity contribution is 1.27. The summed E-state index contributed by atoms with van der Waals surface area (Å²) in [5.41, 5.74) is 6.59. The van der Waals surface area contributed by atoms with Crippen LogP contribution in [0.3, 0.4) is 0 Å². The summed E-state index contributed by atoms with van der Waals surface area (Å²) in [6, 6.07) is 47.5. The number of hydrogen-bond donors (Lipinski definition) is 0. The van der Waals surface area contributed by atoms with Gasteiger partial charge >= 0.3 is 0 Å². The molecule has 0 saturated carbocycles. The number of rotatable bonds is 3. The first-order valence-electron chi connectivity index (χ1n) is 13.6. The molecule has 40 heavy (non-hydrogen) atoms. The van der Waals surface area contributed by atoms with Gasteiger partial charge in [-0.1, -0.05) is 115 Å². The predicted octanol–water partition coefficient (Wildman–Crippen LogP) is 10.1. The quantitative estimate of drug-likeness (QED) is 0.222. The molecular formula is C38H24N2. The highest BCUT2D eigenvalue weighted by Crippen LogP contribution is 2.44. The summed E-state index contributed by atoms with van der Waals surface area (Å²) in [7, 11) is 0. The van der Waals surface area contributed by atoms with Crippen LogP contribution in [0.5, 0.6) is 0 Å². The Morgan fingerprint density at radius 1 is 0.375 bits per heavy atom. The Kier molecular flexibility index (Phi) is 5.17. The first-order chi connectivity index (χ1) is 19.8. The standard InChI is InChI=1S/C38H24N2/c1-2-11-27-23-28(18-17-25(27)9-1)36-31-13-5-7-15-33(31)37(34-16-8-6-14-32(34)36)29-19-20-35(40-24-29)38-30-12-4-3-10-26(30)21-22-39-38/h1-24H. The van der Waals surface area contributed by atoms with Crippen molar-refractivity contribution in [3.8, 4) is 33.6 Å². The Labute approximate surface area is 232 Å². The minimum absolute atomic E-state index is 0.877. The largest absolute Gasteiger partial charge is 0.254 e. The summed E-state index contributed by atoms with van der Waals surface area (Å²) in [5, 5.41) is 9.71. The molecule has 0 radical (unpaired) electrons. The van der Waals surface area contributed by atoms with Crippen LogP contribution in [0.4, 0.5) is 0 Å². The molecule has 0 atom stereocenters. The van der Waals surface area contributed by atoms with Crippen LogP contribution in [0, 0.1) is 0 Å². The second kappa shape index (κ2) is 9.14. The number of pyridine rings is 2. The molecule has 2 aromatic heterocycles. The number of fused-ring (bicyclic) bond motifs is 4. The van der Waals surface area contributed by atoms with Gasteiger partial charge in [0.25, 0.3) is 0 Å². The Bertz CT molecular complexity index is 2150. The minimum Gasteiger partial charge on any atom is -0.254 e. The molecular weight excluding hydrogens is 484 g/mol. The fourth-order valence-corrected chi connectivity index (χ4v) is 6.10. The first kappa shape index (κ1) is 22.6. The van der Waals surface area contributed by atoms with Crippen molar-refractivity contribution in [2.45, 2.75) is 0 Å². The third-order valence-electron chi connectivity index (χ3n) is 7.94. The van der Waals surface area contributed by atoms with Crippen LogP contribution in [0.1, 0.15) is 0 Å². The fourth-order valence-electron chi connectivity index (χ4n) is 6.10. The Balaban J connectivity index is 1.36. The van der Waals surface area contributed by atoms with Gasteiger partial charge < -0.3 is 0 Å². The molecule has 186 valence electrons. The molecule has 0 saturated heterocycles. The van der Waals surface area contributed by atoms with Gasteiger partial charge in [0.15, 0.2) is 0 Å². The minimum atomic E-state index is 0.877. The van der Waals surface area contributed by atoms with Crippen molar-refractivity contribution >= 4 is 43.1 Å². The van der Waals surface area contributed by atoms with E-state index in [4.69, 9.17) is 4.98 Å². The third kappa shape index (κ3) is 3.58. The van der Waals surface area contributed by atoms with E-state index in [2.05, 4.69) is 132 Å². The molecule has 6 aromatic carbocycles. The highest BCUT2D eigenvalue weighted by molar-refractivity contribution is 6.21. The molecule has 0 N–H and O–H groups in total. The summed E-state index contributed by atoms with van der Waals surface area (Å²) < 4.78 is 0. The lowest BCUT2D eigenvalue weighted by Crippen LogP contribution is -1.93. The van der Waals surface area contributed by atoms with Crippen molar-refractivity contribution in [1.29, 1.82) is 0 Å². The van der Waals surface area contributed by atoms with Crippen molar-refractivity contribution in [3.05, 3.63) is 146 Å². The van der Waals surface area contributed by atoms with Crippen molar-refractivity contribution in [2.24, 2.45) is 0 Å². The number of aromatic nitrogens is 2. The van der Waals surface area contributed by atoms with E-state index in [-0.39, 0.29) is 0 Å². The second-order valence-corrected chi connectivity index (χ2v) is 10.2. The molecule has 0 spiro atoms. The molecule has 0 aliphatic rings. The van der Waals surface area contributed by atoms with Gasteiger partial charge in [-0.25, -0.2) is 0 Å². The fraction of sp³-hybridized carbons (Fsp3) is 0. The number of nitrogens with zero attached hydrogens (tertiary/aromatic N) is 2. The van der Waals surface area contributed by atoms with Gasteiger partial charge in [0, 0.05) is 23.3 Å². The summed E-state index contributed by atoms with van der Waals surface area (Å²) in [5.74, 6) is 0. The lowest BCUT2D eigenvalue weighted by Gasteiger charge is -2.18. The third-order valence-corrected chi connectivity index (χ3v) is 7.94. The van der Waals surface area contributed by atoms with Crippen LogP contribution in [-0.4, -0.2) is 9.97 Å². The van der Waals surface area contributed by atoms with E-state index in [0.29, 0.717) is 0 Å². The molecule has 0 aliphatic heterocycles. The van der Waals surface area contributed by atoms with Crippen LogP contribution < -0.4 is 0 Å². The van der Waals surface area contributed by atoms with E-state index in [1.807, 2.05) is 18.5 Å². The summed E-state index contributed by atoms with van der Waals surface area (Å²) in [4.78, 5) is 9.62. The number of benzene rings is 6. The van der Waals surface area contributed by atoms with E-state index in [1.165, 1.54) is 54.4 Å². The number of hydrogen-bond acceptors (Lipinski definition) is 2. The van der Waals surface area contributed by atoms with Gasteiger partial charge in [0.2, 0.25) is 0 Å². The van der Waals surface area contributed by atoms with Crippen LogP contribution in [0.2, 0.25) is 0 Å². The van der Waals surface area contributed by atoms with Gasteiger partial charge in [-0.05, 0) is 72.6 Å². The maximum Gasteiger partial charge on any atom is 0.0964 e. The van der Waals surface area contributed by atoms with Crippen molar-refractivity contribution in [2.75, 3.05) is 0 Å². The van der Waals surface area contributed by atoms with Crippen molar-refractivity contribution < 1.29 is 0 Å². The molecule has 0 amide bonds. The molecule has 0 bridgehead atoms. The highest BCUT2D eigenvalue weighted by Gasteiger charge is 2.17. The summed E-state index contributed by atoms with van der Waals surface area (Å²) >= 11 is 0. The van der Waals surface area contributed by atoms with E-state index >= 15 is 0 Å². The van der Waals surface area contributed by atoms with E-state index in [9.17, 15) is 0 Å². The predicted molar refractivity (Wildman–Crippen MR) is 168 cm³/mol. The monoisotopic (exact) mass is 508 g/mol. The Morgan fingerprint density at radius 2 is 0.925 bits per heavy atom. The molecule has 8 rings (SSSR count). The molecule has 0 aliphatic carbocycles. The van der Waals surface area contributed by atoms with Gasteiger partial charge in [-0.15, -0.1) is 0 Å². The van der Waals surface area contributed by atoms with Crippen LogP contribution in [0.25, 0.3) is 76.7 Å². The molecule has 8 aromatic rings. The zero-order chi connectivity index (χ0) is 26.5. The first-order valence-corrected chi connectivity index (χ1v) is 13.6.